The summed E-state index contributed by atoms with van der Waals surface area (Å²) in [6, 6.07) is 0. The minimum absolute atomic E-state index is 0.181. The normalized spacial score (nSPS) is 34.6. The van der Waals surface area contributed by atoms with Gasteiger partial charge in [0, 0.05) is 12.5 Å². The summed E-state index contributed by atoms with van der Waals surface area (Å²) >= 11 is 0. The predicted octanol–water partition coefficient (Wildman–Crippen LogP) is 3.61. The van der Waals surface area contributed by atoms with Gasteiger partial charge in [0.15, 0.2) is 0 Å². The molecule has 0 aliphatic heterocycles. The molecule has 1 amide bonds. The fraction of sp³-hybridized carbons (Fsp3) is 0.938. The summed E-state index contributed by atoms with van der Waals surface area (Å²) in [7, 11) is 0. The van der Waals surface area contributed by atoms with Gasteiger partial charge in [0.1, 0.15) is 0 Å². The van der Waals surface area contributed by atoms with E-state index in [9.17, 15) is 4.79 Å². The van der Waals surface area contributed by atoms with Crippen molar-refractivity contribution in [2.75, 3.05) is 6.54 Å². The molecule has 0 radical (unpaired) electrons. The number of hydrogen-bond acceptors (Lipinski definition) is 1. The van der Waals surface area contributed by atoms with Crippen molar-refractivity contribution < 1.29 is 4.79 Å². The van der Waals surface area contributed by atoms with Crippen molar-refractivity contribution in [2.45, 2.75) is 59.8 Å². The van der Waals surface area contributed by atoms with Crippen LogP contribution in [-0.4, -0.2) is 12.5 Å². The molecule has 0 aromatic carbocycles. The van der Waals surface area contributed by atoms with Crippen molar-refractivity contribution in [3.63, 3.8) is 0 Å². The molecular weight excluding hydrogens is 222 g/mol. The quantitative estimate of drug-likeness (QED) is 0.794. The smallest absolute Gasteiger partial charge is 0.222 e. The third kappa shape index (κ3) is 2.44. The zero-order chi connectivity index (χ0) is 13.3. The topological polar surface area (TPSA) is 29.1 Å². The molecule has 104 valence electrons. The van der Waals surface area contributed by atoms with E-state index in [4.69, 9.17) is 0 Å². The van der Waals surface area contributed by atoms with Gasteiger partial charge in [-0.1, -0.05) is 34.1 Å². The summed E-state index contributed by atoms with van der Waals surface area (Å²) in [6.07, 6.45) is 6.19. The maximum atomic E-state index is 11.9. The zero-order valence-electron chi connectivity index (χ0n) is 12.5. The molecule has 3 saturated carbocycles. The third-order valence-electron chi connectivity index (χ3n) is 5.71. The molecule has 0 aromatic heterocycles. The first-order chi connectivity index (χ1) is 8.46. The Hall–Kier alpha value is -0.530. The Kier molecular flexibility index (Phi) is 4.03. The highest BCUT2D eigenvalue weighted by atomic mass is 16.1. The second-order valence-corrected chi connectivity index (χ2v) is 7.13. The summed E-state index contributed by atoms with van der Waals surface area (Å²) in [5.74, 6) is 2.96. The van der Waals surface area contributed by atoms with Crippen LogP contribution in [0.2, 0.25) is 0 Å². The first-order valence-electron chi connectivity index (χ1n) is 7.74. The molecule has 1 unspecified atom stereocenters. The average Bonchev–Trinajstić information content (AvgIpc) is 2.36. The lowest BCUT2D eigenvalue weighted by molar-refractivity contribution is -0.128. The van der Waals surface area contributed by atoms with Crippen LogP contribution in [0.1, 0.15) is 59.8 Å². The molecule has 0 heterocycles. The van der Waals surface area contributed by atoms with Crippen LogP contribution in [0.25, 0.3) is 0 Å². The van der Waals surface area contributed by atoms with E-state index in [0.717, 1.165) is 37.1 Å². The molecule has 3 aliphatic carbocycles. The molecule has 2 bridgehead atoms. The maximum absolute atomic E-state index is 11.9. The average molecular weight is 251 g/mol. The van der Waals surface area contributed by atoms with Crippen molar-refractivity contribution in [3.05, 3.63) is 0 Å². The van der Waals surface area contributed by atoms with E-state index in [-0.39, 0.29) is 11.8 Å². The SMILES string of the molecule is CCCC(C)C(=O)NC[C@H]1CC[C@H]2C[C@@H]1C2(C)C. The van der Waals surface area contributed by atoms with Crippen LogP contribution in [0.4, 0.5) is 0 Å². The molecule has 2 nitrogen and oxygen atoms in total. The van der Waals surface area contributed by atoms with Crippen LogP contribution in [0, 0.1) is 29.1 Å². The van der Waals surface area contributed by atoms with Crippen LogP contribution in [0.5, 0.6) is 0 Å². The fourth-order valence-corrected chi connectivity index (χ4v) is 4.18. The van der Waals surface area contributed by atoms with E-state index >= 15 is 0 Å². The van der Waals surface area contributed by atoms with Crippen LogP contribution in [0.3, 0.4) is 0 Å². The first-order valence-corrected chi connectivity index (χ1v) is 7.74. The Morgan fingerprint density at radius 3 is 2.67 bits per heavy atom. The molecule has 0 aromatic rings. The Morgan fingerprint density at radius 2 is 2.11 bits per heavy atom. The van der Waals surface area contributed by atoms with E-state index in [0.29, 0.717) is 5.41 Å². The van der Waals surface area contributed by atoms with Gasteiger partial charge in [-0.05, 0) is 48.9 Å². The summed E-state index contributed by atoms with van der Waals surface area (Å²) in [4.78, 5) is 11.9. The van der Waals surface area contributed by atoms with Gasteiger partial charge in [0.25, 0.3) is 0 Å². The van der Waals surface area contributed by atoms with E-state index in [2.05, 4.69) is 26.1 Å². The second kappa shape index (κ2) is 5.22. The van der Waals surface area contributed by atoms with E-state index in [1.54, 1.807) is 0 Å². The Labute approximate surface area is 112 Å². The lowest BCUT2D eigenvalue weighted by Gasteiger charge is -2.60. The van der Waals surface area contributed by atoms with Crippen molar-refractivity contribution >= 4 is 5.91 Å². The number of fused-ring (bicyclic) bond motifs is 2. The number of rotatable bonds is 5. The lowest BCUT2D eigenvalue weighted by Crippen LogP contribution is -2.54. The van der Waals surface area contributed by atoms with Gasteiger partial charge in [0.2, 0.25) is 5.91 Å². The molecule has 3 aliphatic rings. The number of nitrogens with one attached hydrogen (secondary N) is 1. The van der Waals surface area contributed by atoms with Crippen molar-refractivity contribution in [1.82, 2.24) is 5.32 Å². The van der Waals surface area contributed by atoms with Crippen molar-refractivity contribution in [2.24, 2.45) is 29.1 Å². The minimum atomic E-state index is 0.181. The predicted molar refractivity (Wildman–Crippen MR) is 75.2 cm³/mol. The Bertz CT molecular complexity index is 308. The molecular formula is C16H29NO. The van der Waals surface area contributed by atoms with E-state index < -0.39 is 0 Å². The third-order valence-corrected chi connectivity index (χ3v) is 5.71. The molecule has 18 heavy (non-hydrogen) atoms. The minimum Gasteiger partial charge on any atom is -0.356 e. The van der Waals surface area contributed by atoms with Gasteiger partial charge in [0.05, 0.1) is 0 Å². The summed E-state index contributed by atoms with van der Waals surface area (Å²) in [5.41, 5.74) is 0.530. The van der Waals surface area contributed by atoms with Crippen molar-refractivity contribution in [3.8, 4) is 0 Å². The lowest BCUT2D eigenvalue weighted by atomic mass is 9.45. The van der Waals surface area contributed by atoms with Crippen molar-refractivity contribution in [1.29, 1.82) is 0 Å². The number of hydrogen-bond donors (Lipinski definition) is 1. The molecule has 3 rings (SSSR count). The standard InChI is InChI=1S/C16H29NO/c1-5-6-11(2)15(18)17-10-12-7-8-13-9-14(12)16(13,3)4/h11-14H,5-10H2,1-4H3,(H,17,18)/t11?,12-,13+,14+/m1/s1. The van der Waals surface area contributed by atoms with Crippen LogP contribution >= 0.6 is 0 Å². The Balaban J connectivity index is 1.79. The van der Waals surface area contributed by atoms with Gasteiger partial charge in [-0.15, -0.1) is 0 Å². The van der Waals surface area contributed by atoms with Gasteiger partial charge >= 0.3 is 0 Å². The first kappa shape index (κ1) is 13.9. The van der Waals surface area contributed by atoms with Crippen LogP contribution in [0.15, 0.2) is 0 Å². The molecule has 0 spiro atoms. The van der Waals surface area contributed by atoms with Crippen LogP contribution < -0.4 is 5.32 Å². The largest absolute Gasteiger partial charge is 0.356 e. The summed E-state index contributed by atoms with van der Waals surface area (Å²) < 4.78 is 0. The fourth-order valence-electron chi connectivity index (χ4n) is 4.18. The zero-order valence-corrected chi connectivity index (χ0v) is 12.5. The molecule has 0 saturated heterocycles. The van der Waals surface area contributed by atoms with Gasteiger partial charge in [-0.3, -0.25) is 4.79 Å². The van der Waals surface area contributed by atoms with Gasteiger partial charge in [-0.25, -0.2) is 0 Å². The Morgan fingerprint density at radius 1 is 1.39 bits per heavy atom. The highest BCUT2D eigenvalue weighted by Crippen LogP contribution is 2.61. The monoisotopic (exact) mass is 251 g/mol. The number of amides is 1. The molecule has 4 atom stereocenters. The van der Waals surface area contributed by atoms with Gasteiger partial charge < -0.3 is 5.32 Å². The number of carbonyl (C=O) groups excluding carboxylic acids is 1. The van der Waals surface area contributed by atoms with E-state index in [1.807, 2.05) is 6.92 Å². The van der Waals surface area contributed by atoms with E-state index in [1.165, 1.54) is 19.3 Å². The highest BCUT2D eigenvalue weighted by Gasteiger charge is 2.53. The summed E-state index contributed by atoms with van der Waals surface area (Å²) in [5, 5.41) is 3.19. The maximum Gasteiger partial charge on any atom is 0.222 e. The highest BCUT2D eigenvalue weighted by molar-refractivity contribution is 5.78. The van der Waals surface area contributed by atoms with Gasteiger partial charge in [-0.2, -0.15) is 0 Å². The molecule has 3 fully saturated rings. The number of carbonyl (C=O) groups is 1. The van der Waals surface area contributed by atoms with Crippen LogP contribution in [-0.2, 0) is 4.79 Å². The molecule has 2 heteroatoms. The summed E-state index contributed by atoms with van der Waals surface area (Å²) in [6.45, 7) is 9.93. The second-order valence-electron chi connectivity index (χ2n) is 7.13. The molecule has 1 N–H and O–H groups in total.